The summed E-state index contributed by atoms with van der Waals surface area (Å²) in [6, 6.07) is 12.4. The third-order valence-corrected chi connectivity index (χ3v) is 6.53. The molecule has 0 saturated carbocycles. The molecule has 4 aromatic heterocycles. The maximum absolute atomic E-state index is 5.10. The second-order valence-corrected chi connectivity index (χ2v) is 12.1. The van der Waals surface area contributed by atoms with Crippen LogP contribution in [-0.2, 0) is 16.2 Å². The molecule has 184 valence electrons. The lowest BCUT2D eigenvalue weighted by Crippen LogP contribution is -2.26. The summed E-state index contributed by atoms with van der Waals surface area (Å²) in [5.41, 5.74) is 5.88. The van der Waals surface area contributed by atoms with Gasteiger partial charge in [-0.1, -0.05) is 53.7 Å². The van der Waals surface area contributed by atoms with Crippen molar-refractivity contribution in [1.82, 2.24) is 29.5 Å². The monoisotopic (exact) mass is 470 g/mol. The standard InChI is InChI=1S/C29H38N6/c1-19-11-13-23(34-17-15-21(32-34)27(3,4)5)30-25(19)29(9,10)26-20(2)12-14-24(31-26)35-18-16-22(33-35)28(6,7)8/h11-18H,1-10H3. The van der Waals surface area contributed by atoms with Gasteiger partial charge in [0.05, 0.1) is 22.8 Å². The van der Waals surface area contributed by atoms with E-state index in [1.807, 2.05) is 33.9 Å². The maximum Gasteiger partial charge on any atom is 0.153 e. The third kappa shape index (κ3) is 4.79. The zero-order valence-electron chi connectivity index (χ0n) is 22.8. The Balaban J connectivity index is 1.77. The number of nitrogens with zero attached hydrogens (tertiary/aromatic N) is 6. The fraction of sp³-hybridized carbons (Fsp3) is 0.448. The van der Waals surface area contributed by atoms with E-state index in [1.54, 1.807) is 0 Å². The molecule has 0 amide bonds. The summed E-state index contributed by atoms with van der Waals surface area (Å²) in [7, 11) is 0. The van der Waals surface area contributed by atoms with E-state index in [4.69, 9.17) is 20.2 Å². The van der Waals surface area contributed by atoms with Crippen LogP contribution in [0.25, 0.3) is 11.6 Å². The van der Waals surface area contributed by atoms with Crippen molar-refractivity contribution < 1.29 is 0 Å². The predicted molar refractivity (Wildman–Crippen MR) is 142 cm³/mol. The topological polar surface area (TPSA) is 61.4 Å². The molecule has 6 heteroatoms. The maximum atomic E-state index is 5.10. The highest BCUT2D eigenvalue weighted by molar-refractivity contribution is 5.43. The molecule has 0 saturated heterocycles. The fourth-order valence-corrected chi connectivity index (χ4v) is 4.37. The van der Waals surface area contributed by atoms with Gasteiger partial charge in [0.15, 0.2) is 11.6 Å². The molecule has 4 aromatic rings. The first-order chi connectivity index (χ1) is 16.2. The molecule has 0 atom stereocenters. The van der Waals surface area contributed by atoms with E-state index in [0.29, 0.717) is 0 Å². The van der Waals surface area contributed by atoms with Gasteiger partial charge in [-0.15, -0.1) is 0 Å². The van der Waals surface area contributed by atoms with Crippen molar-refractivity contribution in [1.29, 1.82) is 0 Å². The molecule has 0 fully saturated rings. The van der Waals surface area contributed by atoms with Crippen LogP contribution in [0.5, 0.6) is 0 Å². The molecule has 35 heavy (non-hydrogen) atoms. The average molecular weight is 471 g/mol. The Morgan fingerprint density at radius 2 is 0.914 bits per heavy atom. The highest BCUT2D eigenvalue weighted by Gasteiger charge is 2.31. The molecule has 0 spiro atoms. The lowest BCUT2D eigenvalue weighted by Gasteiger charge is -2.28. The van der Waals surface area contributed by atoms with Crippen LogP contribution in [0.1, 0.15) is 89.3 Å². The van der Waals surface area contributed by atoms with Crippen LogP contribution in [0.3, 0.4) is 0 Å². The Morgan fingerprint density at radius 1 is 0.543 bits per heavy atom. The van der Waals surface area contributed by atoms with Gasteiger partial charge in [-0.2, -0.15) is 10.2 Å². The molecule has 0 radical (unpaired) electrons. The van der Waals surface area contributed by atoms with Crippen LogP contribution < -0.4 is 0 Å². The Bertz CT molecular complexity index is 1250. The van der Waals surface area contributed by atoms with Crippen LogP contribution in [0.4, 0.5) is 0 Å². The van der Waals surface area contributed by atoms with Gasteiger partial charge in [-0.3, -0.25) is 0 Å². The number of hydrogen-bond donors (Lipinski definition) is 0. The second-order valence-electron chi connectivity index (χ2n) is 12.1. The normalized spacial score (nSPS) is 12.9. The Morgan fingerprint density at radius 3 is 1.23 bits per heavy atom. The molecule has 0 aromatic carbocycles. The minimum atomic E-state index is -0.416. The Labute approximate surface area is 209 Å². The van der Waals surface area contributed by atoms with Crippen molar-refractivity contribution >= 4 is 0 Å². The number of aryl methyl sites for hydroxylation is 2. The summed E-state index contributed by atoms with van der Waals surface area (Å²) in [5.74, 6) is 1.62. The summed E-state index contributed by atoms with van der Waals surface area (Å²) in [6.45, 7) is 21.6. The average Bonchev–Trinajstić information content (AvgIpc) is 3.44. The third-order valence-electron chi connectivity index (χ3n) is 6.53. The minimum Gasteiger partial charge on any atom is -0.232 e. The summed E-state index contributed by atoms with van der Waals surface area (Å²) in [4.78, 5) is 10.2. The van der Waals surface area contributed by atoms with Crippen molar-refractivity contribution in [2.24, 2.45) is 0 Å². The van der Waals surface area contributed by atoms with Gasteiger partial charge >= 0.3 is 0 Å². The van der Waals surface area contributed by atoms with E-state index in [1.165, 1.54) is 0 Å². The first-order valence-electron chi connectivity index (χ1n) is 12.3. The van der Waals surface area contributed by atoms with E-state index >= 15 is 0 Å². The van der Waals surface area contributed by atoms with Crippen molar-refractivity contribution in [2.75, 3.05) is 0 Å². The van der Waals surface area contributed by atoms with E-state index in [0.717, 1.165) is 45.5 Å². The van der Waals surface area contributed by atoms with Gasteiger partial charge in [0, 0.05) is 28.6 Å². The lowest BCUT2D eigenvalue weighted by atomic mass is 9.80. The molecule has 0 aliphatic carbocycles. The van der Waals surface area contributed by atoms with Crippen LogP contribution in [-0.4, -0.2) is 29.5 Å². The van der Waals surface area contributed by atoms with Crippen LogP contribution in [0.15, 0.2) is 48.8 Å². The summed E-state index contributed by atoms with van der Waals surface area (Å²) in [6.07, 6.45) is 3.98. The summed E-state index contributed by atoms with van der Waals surface area (Å²) < 4.78 is 3.74. The number of rotatable bonds is 4. The molecule has 6 nitrogen and oxygen atoms in total. The molecule has 4 heterocycles. The molecule has 0 unspecified atom stereocenters. The Kier molecular flexibility index (Phi) is 5.98. The van der Waals surface area contributed by atoms with E-state index in [2.05, 4.69) is 93.5 Å². The summed E-state index contributed by atoms with van der Waals surface area (Å²) in [5, 5.41) is 9.60. The van der Waals surface area contributed by atoms with Gasteiger partial charge in [-0.05, 0) is 63.1 Å². The van der Waals surface area contributed by atoms with Crippen LogP contribution in [0, 0.1) is 13.8 Å². The molecule has 0 N–H and O–H groups in total. The highest BCUT2D eigenvalue weighted by Crippen LogP contribution is 2.34. The zero-order chi connectivity index (χ0) is 25.8. The second kappa shape index (κ2) is 8.43. The molecule has 0 aliphatic heterocycles. The lowest BCUT2D eigenvalue weighted by molar-refractivity contribution is 0.554. The zero-order valence-corrected chi connectivity index (χ0v) is 22.8. The highest BCUT2D eigenvalue weighted by atomic mass is 15.3. The van der Waals surface area contributed by atoms with Crippen LogP contribution in [0.2, 0.25) is 0 Å². The minimum absolute atomic E-state index is 0.0150. The molecular weight excluding hydrogens is 432 g/mol. The molecule has 0 aliphatic rings. The Hall–Kier alpha value is -3.28. The summed E-state index contributed by atoms with van der Waals surface area (Å²) >= 11 is 0. The molecule has 4 rings (SSSR count). The largest absolute Gasteiger partial charge is 0.232 e. The first-order valence-corrected chi connectivity index (χ1v) is 12.3. The SMILES string of the molecule is Cc1ccc(-n2ccc(C(C)(C)C)n2)nc1C(C)(C)c1nc(-n2ccc(C(C)(C)C)n2)ccc1C. The number of hydrogen-bond acceptors (Lipinski definition) is 4. The first kappa shape index (κ1) is 24.8. The fourth-order valence-electron chi connectivity index (χ4n) is 4.37. The van der Waals surface area contributed by atoms with Crippen LogP contribution >= 0.6 is 0 Å². The van der Waals surface area contributed by atoms with E-state index in [-0.39, 0.29) is 10.8 Å². The van der Waals surface area contributed by atoms with Crippen molar-refractivity contribution in [2.45, 2.75) is 85.5 Å². The van der Waals surface area contributed by atoms with Crippen molar-refractivity contribution in [3.05, 3.63) is 82.7 Å². The van der Waals surface area contributed by atoms with Gasteiger partial charge in [-0.25, -0.2) is 19.3 Å². The van der Waals surface area contributed by atoms with E-state index < -0.39 is 5.41 Å². The predicted octanol–water partition coefficient (Wildman–Crippen LogP) is 6.39. The number of aromatic nitrogens is 6. The number of pyridine rings is 2. The smallest absolute Gasteiger partial charge is 0.153 e. The van der Waals surface area contributed by atoms with Gasteiger partial charge < -0.3 is 0 Å². The van der Waals surface area contributed by atoms with Gasteiger partial charge in [0.2, 0.25) is 0 Å². The van der Waals surface area contributed by atoms with E-state index in [9.17, 15) is 0 Å². The quantitative estimate of drug-likeness (QED) is 0.347. The molecule has 0 bridgehead atoms. The van der Waals surface area contributed by atoms with Gasteiger partial charge in [0.25, 0.3) is 0 Å². The van der Waals surface area contributed by atoms with Gasteiger partial charge in [0.1, 0.15) is 0 Å². The molecular formula is C29H38N6. The van der Waals surface area contributed by atoms with Crippen molar-refractivity contribution in [3.8, 4) is 11.6 Å². The van der Waals surface area contributed by atoms with Crippen molar-refractivity contribution in [3.63, 3.8) is 0 Å².